The van der Waals surface area contributed by atoms with Crippen molar-refractivity contribution in [2.24, 2.45) is 5.92 Å². The second-order valence-corrected chi connectivity index (χ2v) is 8.87. The fraction of sp³-hybridized carbons (Fsp3) is 0.269. The molecule has 0 radical (unpaired) electrons. The molecule has 0 saturated carbocycles. The van der Waals surface area contributed by atoms with Crippen LogP contribution in [-0.4, -0.2) is 40.1 Å². The van der Waals surface area contributed by atoms with Crippen LogP contribution in [0.5, 0.6) is 0 Å². The molecule has 1 amide bonds. The van der Waals surface area contributed by atoms with E-state index in [1.54, 1.807) is 6.20 Å². The van der Waals surface area contributed by atoms with Crippen LogP contribution in [0.15, 0.2) is 73.1 Å². The molecule has 33 heavy (non-hydrogen) atoms. The van der Waals surface area contributed by atoms with Gasteiger partial charge >= 0.3 is 0 Å². The van der Waals surface area contributed by atoms with Gasteiger partial charge < -0.3 is 10.2 Å². The van der Waals surface area contributed by atoms with Crippen LogP contribution in [0.4, 0.5) is 5.82 Å². The Morgan fingerprint density at radius 3 is 2.85 bits per heavy atom. The first-order chi connectivity index (χ1) is 16.2. The number of hydrogen-bond donors (Lipinski definition) is 1. The maximum atomic E-state index is 12.9. The molecule has 2 aromatic carbocycles. The zero-order valence-electron chi connectivity index (χ0n) is 18.3. The fourth-order valence-corrected chi connectivity index (χ4v) is 4.63. The van der Waals surface area contributed by atoms with Crippen LogP contribution >= 0.6 is 11.6 Å². The number of hydrogen-bond acceptors (Lipinski definition) is 4. The Balaban J connectivity index is 1.29. The van der Waals surface area contributed by atoms with Crippen LogP contribution in [0.2, 0.25) is 5.02 Å². The molecule has 1 saturated heterocycles. The molecule has 5 rings (SSSR count). The number of carbonyl (C=O) groups excluding carboxylic acids is 1. The number of fused-ring (bicyclic) bond motifs is 1. The topological polar surface area (TPSA) is 62.5 Å². The second-order valence-electron chi connectivity index (χ2n) is 8.43. The number of amides is 1. The predicted molar refractivity (Wildman–Crippen MR) is 132 cm³/mol. The van der Waals surface area contributed by atoms with Gasteiger partial charge in [-0.3, -0.25) is 4.79 Å². The van der Waals surface area contributed by atoms with E-state index in [4.69, 9.17) is 16.7 Å². The molecule has 6 nitrogen and oxygen atoms in total. The molecule has 3 heterocycles. The van der Waals surface area contributed by atoms with Crippen LogP contribution < -0.4 is 10.2 Å². The molecule has 1 atom stereocenters. The molecule has 1 fully saturated rings. The molecule has 0 unspecified atom stereocenters. The van der Waals surface area contributed by atoms with Gasteiger partial charge in [0.1, 0.15) is 5.52 Å². The van der Waals surface area contributed by atoms with Crippen molar-refractivity contribution in [3.8, 4) is 11.3 Å². The standard InChI is InChI=1S/C26H26ClN5O/c27-22-10-4-8-20(16-22)23-17-24-25(28-13-15-32(24)30-23)31-14-5-9-21(18-31)26(33)29-12-11-19-6-2-1-3-7-19/h1-4,6-8,10,13,15-17,21H,5,9,11-12,14,18H2,(H,29,33)/t21-/m1/s1. The van der Waals surface area contributed by atoms with Crippen molar-refractivity contribution in [2.75, 3.05) is 24.5 Å². The normalized spacial score (nSPS) is 16.2. The highest BCUT2D eigenvalue weighted by Gasteiger charge is 2.27. The van der Waals surface area contributed by atoms with Gasteiger partial charge in [-0.05, 0) is 43.0 Å². The van der Waals surface area contributed by atoms with Gasteiger partial charge in [0.2, 0.25) is 5.91 Å². The van der Waals surface area contributed by atoms with Gasteiger partial charge in [0.15, 0.2) is 5.82 Å². The Labute approximate surface area is 198 Å². The van der Waals surface area contributed by atoms with Gasteiger partial charge in [-0.25, -0.2) is 9.50 Å². The van der Waals surface area contributed by atoms with Crippen molar-refractivity contribution in [3.63, 3.8) is 0 Å². The quantitative estimate of drug-likeness (QED) is 0.457. The summed E-state index contributed by atoms with van der Waals surface area (Å²) < 4.78 is 1.85. The number of aromatic nitrogens is 3. The number of halogens is 1. The third-order valence-electron chi connectivity index (χ3n) is 6.14. The Morgan fingerprint density at radius 1 is 1.12 bits per heavy atom. The van der Waals surface area contributed by atoms with Gasteiger partial charge in [0.25, 0.3) is 0 Å². The average molecular weight is 460 g/mol. The maximum absolute atomic E-state index is 12.9. The average Bonchev–Trinajstić information content (AvgIpc) is 3.29. The van der Waals surface area contributed by atoms with Crippen LogP contribution in [0.3, 0.4) is 0 Å². The van der Waals surface area contributed by atoms with Crippen molar-refractivity contribution in [1.29, 1.82) is 0 Å². The molecule has 0 spiro atoms. The van der Waals surface area contributed by atoms with E-state index in [1.807, 2.05) is 59.2 Å². The van der Waals surface area contributed by atoms with Crippen molar-refractivity contribution < 1.29 is 4.79 Å². The van der Waals surface area contributed by atoms with Gasteiger partial charge in [-0.1, -0.05) is 54.1 Å². The van der Waals surface area contributed by atoms with Crippen molar-refractivity contribution in [1.82, 2.24) is 19.9 Å². The maximum Gasteiger partial charge on any atom is 0.224 e. The number of nitrogens with zero attached hydrogens (tertiary/aromatic N) is 4. The number of rotatable bonds is 6. The number of anilines is 1. The summed E-state index contributed by atoms with van der Waals surface area (Å²) in [6.45, 7) is 2.18. The summed E-state index contributed by atoms with van der Waals surface area (Å²) in [7, 11) is 0. The van der Waals surface area contributed by atoms with Crippen LogP contribution in [0.25, 0.3) is 16.8 Å². The lowest BCUT2D eigenvalue weighted by molar-refractivity contribution is -0.125. The van der Waals surface area contributed by atoms with Gasteiger partial charge in [0.05, 0.1) is 11.6 Å². The minimum Gasteiger partial charge on any atom is -0.355 e. The Kier molecular flexibility index (Phi) is 6.26. The third kappa shape index (κ3) is 4.86. The van der Waals surface area contributed by atoms with Crippen molar-refractivity contribution in [2.45, 2.75) is 19.3 Å². The lowest BCUT2D eigenvalue weighted by Gasteiger charge is -2.33. The van der Waals surface area contributed by atoms with E-state index >= 15 is 0 Å². The molecule has 1 N–H and O–H groups in total. The number of benzene rings is 2. The van der Waals surface area contributed by atoms with Crippen LogP contribution in [-0.2, 0) is 11.2 Å². The summed E-state index contributed by atoms with van der Waals surface area (Å²) in [6, 6.07) is 20.0. The zero-order valence-corrected chi connectivity index (χ0v) is 19.1. The molecule has 2 aromatic heterocycles. The highest BCUT2D eigenvalue weighted by Crippen LogP contribution is 2.29. The molecule has 0 bridgehead atoms. The summed E-state index contributed by atoms with van der Waals surface area (Å²) in [5.41, 5.74) is 3.97. The van der Waals surface area contributed by atoms with E-state index in [9.17, 15) is 4.79 Å². The smallest absolute Gasteiger partial charge is 0.224 e. The van der Waals surface area contributed by atoms with Gasteiger partial charge in [0, 0.05) is 42.6 Å². The Hall–Kier alpha value is -3.38. The van der Waals surface area contributed by atoms with E-state index in [2.05, 4.69) is 27.3 Å². The molecular weight excluding hydrogens is 434 g/mol. The molecule has 7 heteroatoms. The van der Waals surface area contributed by atoms with Gasteiger partial charge in [-0.2, -0.15) is 5.10 Å². The summed E-state index contributed by atoms with van der Waals surface area (Å²) in [4.78, 5) is 19.7. The molecule has 0 aliphatic carbocycles. The molecule has 1 aliphatic heterocycles. The summed E-state index contributed by atoms with van der Waals surface area (Å²) in [6.07, 6.45) is 6.30. The number of nitrogens with one attached hydrogen (secondary N) is 1. The number of carbonyl (C=O) groups is 1. The largest absolute Gasteiger partial charge is 0.355 e. The molecule has 168 valence electrons. The highest BCUT2D eigenvalue weighted by atomic mass is 35.5. The monoisotopic (exact) mass is 459 g/mol. The predicted octanol–water partition coefficient (Wildman–Crippen LogP) is 4.63. The Bertz CT molecular complexity index is 1260. The first-order valence-corrected chi connectivity index (χ1v) is 11.7. The minimum absolute atomic E-state index is 0.0492. The Morgan fingerprint density at radius 2 is 2.00 bits per heavy atom. The highest BCUT2D eigenvalue weighted by molar-refractivity contribution is 6.30. The lowest BCUT2D eigenvalue weighted by atomic mass is 9.97. The van der Waals surface area contributed by atoms with Crippen LogP contribution in [0, 0.1) is 5.92 Å². The lowest BCUT2D eigenvalue weighted by Crippen LogP contribution is -2.44. The minimum atomic E-state index is -0.0492. The van der Waals surface area contributed by atoms with E-state index in [0.717, 1.165) is 48.4 Å². The fourth-order valence-electron chi connectivity index (χ4n) is 4.44. The van der Waals surface area contributed by atoms with E-state index in [-0.39, 0.29) is 11.8 Å². The molecular formula is C26H26ClN5O. The van der Waals surface area contributed by atoms with Crippen molar-refractivity contribution in [3.05, 3.63) is 83.6 Å². The van der Waals surface area contributed by atoms with E-state index < -0.39 is 0 Å². The third-order valence-corrected chi connectivity index (χ3v) is 6.37. The zero-order chi connectivity index (χ0) is 22.6. The summed E-state index contributed by atoms with van der Waals surface area (Å²) >= 11 is 6.17. The van der Waals surface area contributed by atoms with Gasteiger partial charge in [-0.15, -0.1) is 0 Å². The molecule has 4 aromatic rings. The molecule has 1 aliphatic rings. The summed E-state index contributed by atoms with van der Waals surface area (Å²) in [5.74, 6) is 0.933. The second kappa shape index (κ2) is 9.63. The van der Waals surface area contributed by atoms with E-state index in [0.29, 0.717) is 18.1 Å². The van der Waals surface area contributed by atoms with Crippen LogP contribution in [0.1, 0.15) is 18.4 Å². The SMILES string of the molecule is O=C(NCCc1ccccc1)[C@@H]1CCCN(c2nccn3nc(-c4cccc(Cl)c4)cc23)C1. The van der Waals surface area contributed by atoms with Crippen molar-refractivity contribution >= 4 is 28.8 Å². The first kappa shape index (κ1) is 21.5. The van der Waals surface area contributed by atoms with E-state index in [1.165, 1.54) is 5.56 Å². The first-order valence-electron chi connectivity index (χ1n) is 11.3. The number of piperidine rings is 1. The summed E-state index contributed by atoms with van der Waals surface area (Å²) in [5, 5.41) is 8.52.